The van der Waals surface area contributed by atoms with Gasteiger partial charge in [0.25, 0.3) is 0 Å². The Kier molecular flexibility index (Phi) is 3.58. The standard InChI is InChI=1S/C9H6F3N7O2S/c10-9(11,12)21-2-1-19-8(20)18-4-14-5(6(18)16-17-19)7-13-3-15-22-7/h3-4H,1-2H2. The maximum atomic E-state index is 12.1. The van der Waals surface area contributed by atoms with Crippen molar-refractivity contribution < 1.29 is 17.9 Å². The second-order valence-electron chi connectivity index (χ2n) is 3.92. The molecule has 0 spiro atoms. The molecule has 0 aliphatic carbocycles. The first kappa shape index (κ1) is 14.5. The van der Waals surface area contributed by atoms with Crippen molar-refractivity contribution >= 4 is 17.2 Å². The Bertz CT molecular complexity index is 841. The lowest BCUT2D eigenvalue weighted by Crippen LogP contribution is -2.32. The van der Waals surface area contributed by atoms with Gasteiger partial charge in [-0.15, -0.1) is 18.3 Å². The number of fused-ring (bicyclic) bond motifs is 1. The third-order valence-corrected chi connectivity index (χ3v) is 3.22. The van der Waals surface area contributed by atoms with Gasteiger partial charge in [-0.3, -0.25) is 4.74 Å². The van der Waals surface area contributed by atoms with Crippen LogP contribution in [0, 0.1) is 0 Å². The minimum Gasteiger partial charge on any atom is -0.290 e. The van der Waals surface area contributed by atoms with E-state index in [0.717, 1.165) is 20.6 Å². The maximum absolute atomic E-state index is 12.1. The summed E-state index contributed by atoms with van der Waals surface area (Å²) in [5.41, 5.74) is -0.209. The molecule has 3 aromatic rings. The number of ether oxygens (including phenoxy) is 1. The van der Waals surface area contributed by atoms with Crippen LogP contribution in [0.5, 0.6) is 0 Å². The van der Waals surface area contributed by atoms with E-state index >= 15 is 0 Å². The average Bonchev–Trinajstić information content (AvgIpc) is 3.08. The van der Waals surface area contributed by atoms with Crippen LogP contribution in [0.25, 0.3) is 16.3 Å². The van der Waals surface area contributed by atoms with Crippen LogP contribution in [-0.2, 0) is 11.3 Å². The summed E-state index contributed by atoms with van der Waals surface area (Å²) < 4.78 is 44.9. The predicted molar refractivity (Wildman–Crippen MR) is 66.0 cm³/mol. The van der Waals surface area contributed by atoms with Gasteiger partial charge in [0.05, 0.1) is 13.2 Å². The molecule has 116 valence electrons. The molecule has 22 heavy (non-hydrogen) atoms. The highest BCUT2D eigenvalue weighted by atomic mass is 32.1. The predicted octanol–water partition coefficient (Wildman–Crippen LogP) is 0.341. The first-order chi connectivity index (χ1) is 10.5. The van der Waals surface area contributed by atoms with Gasteiger partial charge in [0.1, 0.15) is 18.3 Å². The van der Waals surface area contributed by atoms with Gasteiger partial charge in [0.2, 0.25) is 0 Å². The summed E-state index contributed by atoms with van der Waals surface area (Å²) in [5, 5.41) is 7.81. The van der Waals surface area contributed by atoms with Gasteiger partial charge in [0, 0.05) is 0 Å². The van der Waals surface area contributed by atoms with E-state index in [-0.39, 0.29) is 5.65 Å². The van der Waals surface area contributed by atoms with Gasteiger partial charge in [-0.1, -0.05) is 5.21 Å². The van der Waals surface area contributed by atoms with Gasteiger partial charge in [-0.2, -0.15) is 9.06 Å². The number of nitrogens with zero attached hydrogens (tertiary/aromatic N) is 7. The first-order valence-corrected chi connectivity index (χ1v) is 6.51. The molecule has 0 saturated carbocycles. The second-order valence-corrected chi connectivity index (χ2v) is 4.70. The van der Waals surface area contributed by atoms with Crippen LogP contribution in [0.2, 0.25) is 0 Å². The summed E-state index contributed by atoms with van der Waals surface area (Å²) in [6.45, 7) is -1.14. The van der Waals surface area contributed by atoms with Crippen LogP contribution < -0.4 is 5.69 Å². The molecule has 13 heteroatoms. The molecule has 0 fully saturated rings. The number of imidazole rings is 1. The summed E-state index contributed by atoms with van der Waals surface area (Å²) in [7, 11) is 0. The van der Waals surface area contributed by atoms with E-state index in [2.05, 4.69) is 29.4 Å². The fourth-order valence-electron chi connectivity index (χ4n) is 1.65. The molecule has 0 aliphatic rings. The number of alkyl halides is 3. The van der Waals surface area contributed by atoms with E-state index in [1.807, 2.05) is 0 Å². The monoisotopic (exact) mass is 333 g/mol. The minimum atomic E-state index is -4.76. The van der Waals surface area contributed by atoms with Crippen LogP contribution in [0.4, 0.5) is 13.2 Å². The summed E-state index contributed by atoms with van der Waals surface area (Å²) in [5.74, 6) is 0. The van der Waals surface area contributed by atoms with Gasteiger partial charge in [0.15, 0.2) is 10.7 Å². The summed E-state index contributed by atoms with van der Waals surface area (Å²) in [4.78, 5) is 20.0. The Morgan fingerprint density at radius 1 is 1.32 bits per heavy atom. The Labute approximate surface area is 123 Å². The van der Waals surface area contributed by atoms with Gasteiger partial charge in [-0.05, 0) is 11.5 Å². The van der Waals surface area contributed by atoms with Crippen LogP contribution in [0.15, 0.2) is 17.4 Å². The highest BCUT2D eigenvalue weighted by Crippen LogP contribution is 2.20. The molecule has 3 rings (SSSR count). The number of hydrogen-bond acceptors (Lipinski definition) is 8. The second kappa shape index (κ2) is 5.42. The van der Waals surface area contributed by atoms with Crippen molar-refractivity contribution in [2.24, 2.45) is 0 Å². The summed E-state index contributed by atoms with van der Waals surface area (Å²) in [6.07, 6.45) is -2.24. The van der Waals surface area contributed by atoms with E-state index in [1.165, 1.54) is 12.7 Å². The zero-order valence-corrected chi connectivity index (χ0v) is 11.4. The largest absolute Gasteiger partial charge is 0.522 e. The Balaban J connectivity index is 1.90. The zero-order chi connectivity index (χ0) is 15.7. The quantitative estimate of drug-likeness (QED) is 0.679. The third kappa shape index (κ3) is 2.80. The number of rotatable bonds is 4. The lowest BCUT2D eigenvalue weighted by atomic mass is 10.5. The van der Waals surface area contributed by atoms with E-state index in [9.17, 15) is 18.0 Å². The molecule has 0 saturated heterocycles. The molecule has 3 heterocycles. The first-order valence-electron chi connectivity index (χ1n) is 5.74. The van der Waals surface area contributed by atoms with E-state index in [1.54, 1.807) is 0 Å². The van der Waals surface area contributed by atoms with Crippen molar-refractivity contribution in [3.05, 3.63) is 23.1 Å². The highest BCUT2D eigenvalue weighted by Gasteiger charge is 2.28. The van der Waals surface area contributed by atoms with Crippen molar-refractivity contribution in [2.75, 3.05) is 6.61 Å². The fraction of sp³-hybridized carbons (Fsp3) is 0.333. The minimum absolute atomic E-state index is 0.148. The van der Waals surface area contributed by atoms with Crippen LogP contribution in [-0.4, -0.2) is 46.7 Å². The maximum Gasteiger partial charge on any atom is 0.522 e. The molecule has 0 bridgehead atoms. The topological polar surface area (TPSA) is 100 Å². The molecule has 0 aliphatic heterocycles. The lowest BCUT2D eigenvalue weighted by Gasteiger charge is -2.07. The summed E-state index contributed by atoms with van der Waals surface area (Å²) >= 11 is 1.06. The van der Waals surface area contributed by atoms with Crippen molar-refractivity contribution in [3.63, 3.8) is 0 Å². The Morgan fingerprint density at radius 3 is 2.82 bits per heavy atom. The Hall–Kier alpha value is -2.41. The molecular weight excluding hydrogens is 327 g/mol. The number of halogens is 3. The van der Waals surface area contributed by atoms with Crippen LogP contribution in [0.3, 0.4) is 0 Å². The molecule has 0 amide bonds. The number of aromatic nitrogens is 7. The van der Waals surface area contributed by atoms with Crippen molar-refractivity contribution in [1.29, 1.82) is 0 Å². The van der Waals surface area contributed by atoms with Gasteiger partial charge < -0.3 is 0 Å². The van der Waals surface area contributed by atoms with Crippen LogP contribution >= 0.6 is 11.5 Å². The van der Waals surface area contributed by atoms with Crippen molar-refractivity contribution in [1.82, 2.24) is 33.7 Å². The van der Waals surface area contributed by atoms with Gasteiger partial charge >= 0.3 is 12.1 Å². The lowest BCUT2D eigenvalue weighted by molar-refractivity contribution is -0.325. The van der Waals surface area contributed by atoms with Crippen molar-refractivity contribution in [2.45, 2.75) is 12.9 Å². The average molecular weight is 333 g/mol. The molecule has 0 radical (unpaired) electrons. The SMILES string of the molecule is O=c1n(CCOC(F)(F)F)nnc2c(-c3ncns3)ncn12. The molecule has 0 aromatic carbocycles. The molecule has 0 N–H and O–H groups in total. The highest BCUT2D eigenvalue weighted by molar-refractivity contribution is 7.09. The molecule has 9 nitrogen and oxygen atoms in total. The van der Waals surface area contributed by atoms with Crippen LogP contribution in [0.1, 0.15) is 0 Å². The Morgan fingerprint density at radius 2 is 2.14 bits per heavy atom. The van der Waals surface area contributed by atoms with Gasteiger partial charge in [-0.25, -0.2) is 19.2 Å². The zero-order valence-electron chi connectivity index (χ0n) is 10.6. The smallest absolute Gasteiger partial charge is 0.290 e. The number of hydrogen-bond donors (Lipinski definition) is 0. The van der Waals surface area contributed by atoms with E-state index in [4.69, 9.17) is 0 Å². The molecule has 0 atom stereocenters. The summed E-state index contributed by atoms with van der Waals surface area (Å²) in [6, 6.07) is 0. The molecule has 3 aromatic heterocycles. The van der Waals surface area contributed by atoms with E-state index < -0.39 is 25.2 Å². The van der Waals surface area contributed by atoms with Crippen molar-refractivity contribution in [3.8, 4) is 10.7 Å². The fourth-order valence-corrected chi connectivity index (χ4v) is 2.17. The molecule has 0 unspecified atom stereocenters. The normalized spacial score (nSPS) is 12.1. The van der Waals surface area contributed by atoms with E-state index in [0.29, 0.717) is 10.7 Å². The third-order valence-electron chi connectivity index (χ3n) is 2.55. The molecular formula is C9H6F3N7O2S.